The average Bonchev–Trinajstić information content (AvgIpc) is 3.77. The molecule has 44 heavy (non-hydrogen) atoms. The van der Waals surface area contributed by atoms with Crippen molar-refractivity contribution in [2.24, 2.45) is 5.41 Å². The number of aryl methyl sites for hydroxylation is 2. The van der Waals surface area contributed by atoms with E-state index in [1.165, 1.54) is 31.2 Å². The van der Waals surface area contributed by atoms with Crippen LogP contribution in [-0.4, -0.2) is 74.1 Å². The molecule has 5 rings (SSSR count). The van der Waals surface area contributed by atoms with Crippen LogP contribution in [0.5, 0.6) is 5.88 Å². The molecule has 1 unspecified atom stereocenters. The van der Waals surface area contributed by atoms with Crippen LogP contribution >= 0.6 is 0 Å². The molecule has 2 heterocycles. The van der Waals surface area contributed by atoms with Crippen LogP contribution in [0.2, 0.25) is 0 Å². The van der Waals surface area contributed by atoms with Gasteiger partial charge in [0, 0.05) is 36.8 Å². The van der Waals surface area contributed by atoms with Crippen LogP contribution < -0.4 is 14.8 Å². The summed E-state index contributed by atoms with van der Waals surface area (Å²) in [5.41, 5.74) is 1.83. The van der Waals surface area contributed by atoms with Gasteiger partial charge in [0.05, 0.1) is 22.0 Å². The predicted molar refractivity (Wildman–Crippen MR) is 160 cm³/mol. The summed E-state index contributed by atoms with van der Waals surface area (Å²) >= 11 is 0. The lowest BCUT2D eigenvalue weighted by molar-refractivity contribution is -0.189. The first-order valence-corrected chi connectivity index (χ1v) is 16.0. The molecule has 0 spiro atoms. The highest BCUT2D eigenvalue weighted by Gasteiger charge is 2.62. The average molecular weight is 632 g/mol. The number of carbonyl (C=O) groups excluding carboxylic acids is 1. The van der Waals surface area contributed by atoms with E-state index >= 15 is 0 Å². The number of piperazine rings is 1. The highest BCUT2D eigenvalue weighted by Crippen LogP contribution is 2.60. The van der Waals surface area contributed by atoms with Crippen molar-refractivity contribution in [3.05, 3.63) is 65.2 Å². The number of halogens is 3. The number of Topliss-reactive ketones (excluding diaryl/α,β-unsaturated/α-hetero) is 1. The molecular formula is C31H36F3N5O4S. The van der Waals surface area contributed by atoms with E-state index in [9.17, 15) is 26.4 Å². The molecule has 0 bridgehead atoms. The minimum absolute atomic E-state index is 0.0912. The number of rotatable bonds is 11. The Labute approximate surface area is 255 Å². The van der Waals surface area contributed by atoms with Crippen LogP contribution in [0.25, 0.3) is 11.3 Å². The van der Waals surface area contributed by atoms with Gasteiger partial charge in [0.15, 0.2) is 5.78 Å². The minimum Gasteiger partial charge on any atom is -0.476 e. The smallest absolute Gasteiger partial charge is 0.394 e. The zero-order valence-electron chi connectivity index (χ0n) is 24.9. The number of nitrogens with zero attached hydrogens (tertiary/aromatic N) is 3. The third-order valence-corrected chi connectivity index (χ3v) is 9.68. The van der Waals surface area contributed by atoms with Crippen LogP contribution in [0.15, 0.2) is 53.4 Å². The molecule has 2 fully saturated rings. The maximum Gasteiger partial charge on any atom is 0.394 e. The normalized spacial score (nSPS) is 18.5. The van der Waals surface area contributed by atoms with Gasteiger partial charge in [0.1, 0.15) is 6.61 Å². The van der Waals surface area contributed by atoms with E-state index in [2.05, 4.69) is 20.0 Å². The van der Waals surface area contributed by atoms with E-state index in [1.807, 2.05) is 36.9 Å². The largest absolute Gasteiger partial charge is 0.476 e. The van der Waals surface area contributed by atoms with Crippen molar-refractivity contribution in [2.45, 2.75) is 57.1 Å². The van der Waals surface area contributed by atoms with Crippen LogP contribution in [0.1, 0.15) is 47.7 Å². The summed E-state index contributed by atoms with van der Waals surface area (Å²) < 4.78 is 75.3. The zero-order chi connectivity index (χ0) is 31.7. The quantitative estimate of drug-likeness (QED) is 0.280. The summed E-state index contributed by atoms with van der Waals surface area (Å²) in [6.07, 6.45) is -3.69. The SMILES string of the molecule is CC(=O)c1cccc(S(=O)(=O)Nc2nc(OCC3CN(CCC4(C(F)(F)F)CC4)CCN3)cc(-c3c(C)cccc3C)n2)c1. The highest BCUT2D eigenvalue weighted by atomic mass is 32.2. The fraction of sp³-hybridized carbons (Fsp3) is 0.452. The van der Waals surface area contributed by atoms with Gasteiger partial charge in [0.25, 0.3) is 10.0 Å². The van der Waals surface area contributed by atoms with E-state index < -0.39 is 21.6 Å². The summed E-state index contributed by atoms with van der Waals surface area (Å²) in [7, 11) is -4.15. The van der Waals surface area contributed by atoms with Crippen LogP contribution in [-0.2, 0) is 10.0 Å². The van der Waals surface area contributed by atoms with Gasteiger partial charge in [-0.15, -0.1) is 0 Å². The Morgan fingerprint density at radius 2 is 1.82 bits per heavy atom. The van der Waals surface area contributed by atoms with Crippen molar-refractivity contribution in [3.8, 4) is 17.1 Å². The summed E-state index contributed by atoms with van der Waals surface area (Å²) in [6, 6.07) is 12.9. The topological polar surface area (TPSA) is 114 Å². The maximum absolute atomic E-state index is 13.4. The van der Waals surface area contributed by atoms with Gasteiger partial charge in [-0.05, 0) is 69.8 Å². The monoisotopic (exact) mass is 631 g/mol. The number of hydrogen-bond donors (Lipinski definition) is 2. The van der Waals surface area contributed by atoms with E-state index in [0.29, 0.717) is 31.9 Å². The molecular weight excluding hydrogens is 595 g/mol. The van der Waals surface area contributed by atoms with Crippen molar-refractivity contribution < 1.29 is 31.1 Å². The van der Waals surface area contributed by atoms with Crippen molar-refractivity contribution in [3.63, 3.8) is 0 Å². The predicted octanol–water partition coefficient (Wildman–Crippen LogP) is 5.15. The van der Waals surface area contributed by atoms with Gasteiger partial charge in [0.2, 0.25) is 11.8 Å². The number of hydrogen-bond acceptors (Lipinski definition) is 8. The molecule has 236 valence electrons. The number of ether oxygens (including phenoxy) is 1. The Balaban J connectivity index is 1.35. The number of anilines is 1. The number of nitrogens with one attached hydrogen (secondary N) is 2. The van der Waals surface area contributed by atoms with Gasteiger partial charge in [-0.3, -0.25) is 4.79 Å². The zero-order valence-corrected chi connectivity index (χ0v) is 25.7. The number of benzene rings is 2. The number of ketones is 1. The summed E-state index contributed by atoms with van der Waals surface area (Å²) in [6.45, 7) is 7.48. The molecule has 2 aliphatic rings. The van der Waals surface area contributed by atoms with Crippen molar-refractivity contribution >= 4 is 21.8 Å². The van der Waals surface area contributed by atoms with E-state index in [0.717, 1.165) is 16.7 Å². The third-order valence-electron chi connectivity index (χ3n) is 8.35. The second-order valence-electron chi connectivity index (χ2n) is 11.7. The number of sulfonamides is 1. The Bertz CT molecular complexity index is 1620. The van der Waals surface area contributed by atoms with E-state index in [-0.39, 0.29) is 60.0 Å². The Hall–Kier alpha value is -3.55. The lowest BCUT2D eigenvalue weighted by atomic mass is 10.00. The first-order valence-electron chi connectivity index (χ1n) is 14.5. The Morgan fingerprint density at radius 1 is 1.11 bits per heavy atom. The van der Waals surface area contributed by atoms with Crippen LogP contribution in [0.4, 0.5) is 19.1 Å². The Kier molecular flexibility index (Phi) is 9.01. The van der Waals surface area contributed by atoms with Gasteiger partial charge < -0.3 is 15.0 Å². The second-order valence-corrected chi connectivity index (χ2v) is 13.3. The molecule has 2 N–H and O–H groups in total. The number of alkyl halides is 3. The van der Waals surface area contributed by atoms with Crippen molar-refractivity contribution in [1.29, 1.82) is 0 Å². The molecule has 9 nitrogen and oxygen atoms in total. The fourth-order valence-electron chi connectivity index (χ4n) is 5.55. The molecule has 1 aromatic heterocycles. The lowest BCUT2D eigenvalue weighted by Gasteiger charge is -2.34. The van der Waals surface area contributed by atoms with Crippen molar-refractivity contribution in [2.75, 3.05) is 37.5 Å². The van der Waals surface area contributed by atoms with Gasteiger partial charge in [-0.2, -0.15) is 18.2 Å². The van der Waals surface area contributed by atoms with Crippen LogP contribution in [0, 0.1) is 19.3 Å². The molecule has 1 saturated carbocycles. The van der Waals surface area contributed by atoms with Crippen molar-refractivity contribution in [1.82, 2.24) is 20.2 Å². The van der Waals surface area contributed by atoms with Gasteiger partial charge in [-0.1, -0.05) is 30.3 Å². The third kappa shape index (κ3) is 7.22. The fourth-order valence-corrected chi connectivity index (χ4v) is 6.54. The molecule has 0 amide bonds. The maximum atomic E-state index is 13.4. The molecule has 1 saturated heterocycles. The van der Waals surface area contributed by atoms with Crippen LogP contribution in [0.3, 0.4) is 0 Å². The molecule has 13 heteroatoms. The molecule has 2 aromatic carbocycles. The van der Waals surface area contributed by atoms with Gasteiger partial charge >= 0.3 is 6.18 Å². The molecule has 3 aromatic rings. The van der Waals surface area contributed by atoms with Gasteiger partial charge in [-0.25, -0.2) is 18.1 Å². The second kappa shape index (κ2) is 12.4. The lowest BCUT2D eigenvalue weighted by Crippen LogP contribution is -2.53. The summed E-state index contributed by atoms with van der Waals surface area (Å²) in [4.78, 5) is 22.6. The molecule has 1 atom stereocenters. The standard InChI is InChI=1S/C31H36F3N5O4S/c1-20-6-4-7-21(2)28(20)26-17-27(37-29(36-26)38-44(41,42)25-9-5-8-23(16-25)22(3)40)43-19-24-18-39(15-13-35-24)14-12-30(10-11-30)31(32,33)34/h4-9,16-17,24,35H,10-15,18-19H2,1-3H3,(H,36,37,38). The number of aromatic nitrogens is 2. The minimum atomic E-state index is -4.17. The first-order chi connectivity index (χ1) is 20.8. The molecule has 1 aliphatic heterocycles. The molecule has 1 aliphatic carbocycles. The Morgan fingerprint density at radius 3 is 2.48 bits per heavy atom. The first kappa shape index (κ1) is 31.9. The highest BCUT2D eigenvalue weighted by molar-refractivity contribution is 7.92. The molecule has 0 radical (unpaired) electrons. The van der Waals surface area contributed by atoms with E-state index in [1.54, 1.807) is 6.07 Å². The number of carbonyl (C=O) groups is 1. The van der Waals surface area contributed by atoms with E-state index in [4.69, 9.17) is 4.74 Å². The summed E-state index contributed by atoms with van der Waals surface area (Å²) in [5, 5.41) is 3.34. The summed E-state index contributed by atoms with van der Waals surface area (Å²) in [5.74, 6) is -0.331.